The SMILES string of the molecule is COc1cc(Cl)c(C)cc1NC(=O)CN1C(=O)c2cccc(Cl)c2C1=O. The predicted octanol–water partition coefficient (Wildman–Crippen LogP) is 3.55. The molecule has 0 atom stereocenters. The maximum atomic E-state index is 12.4. The molecule has 1 aliphatic heterocycles. The lowest BCUT2D eigenvalue weighted by Crippen LogP contribution is -2.37. The minimum absolute atomic E-state index is 0.117. The van der Waals surface area contributed by atoms with Crippen LogP contribution in [0.3, 0.4) is 0 Å². The number of anilines is 1. The third kappa shape index (κ3) is 3.13. The van der Waals surface area contributed by atoms with E-state index < -0.39 is 24.3 Å². The summed E-state index contributed by atoms with van der Waals surface area (Å²) in [5.74, 6) is -1.32. The fourth-order valence-corrected chi connectivity index (χ4v) is 3.11. The van der Waals surface area contributed by atoms with Crippen molar-refractivity contribution in [3.05, 3.63) is 57.1 Å². The molecule has 0 radical (unpaired) electrons. The Morgan fingerprint density at radius 3 is 2.54 bits per heavy atom. The first-order valence-electron chi connectivity index (χ1n) is 7.62. The van der Waals surface area contributed by atoms with E-state index in [0.717, 1.165) is 10.5 Å². The van der Waals surface area contributed by atoms with E-state index >= 15 is 0 Å². The molecule has 0 spiro atoms. The minimum atomic E-state index is -0.593. The molecule has 3 amide bonds. The highest BCUT2D eigenvalue weighted by Crippen LogP contribution is 2.32. The zero-order chi connectivity index (χ0) is 19.0. The summed E-state index contributed by atoms with van der Waals surface area (Å²) >= 11 is 12.0. The summed E-state index contributed by atoms with van der Waals surface area (Å²) in [7, 11) is 1.45. The molecule has 0 fully saturated rings. The number of amides is 3. The third-order valence-corrected chi connectivity index (χ3v) is 4.73. The number of nitrogens with one attached hydrogen (secondary N) is 1. The van der Waals surface area contributed by atoms with Crippen LogP contribution in [0.4, 0.5) is 5.69 Å². The van der Waals surface area contributed by atoms with Crippen LogP contribution < -0.4 is 10.1 Å². The van der Waals surface area contributed by atoms with Crippen LogP contribution in [-0.4, -0.2) is 36.3 Å². The van der Waals surface area contributed by atoms with Gasteiger partial charge < -0.3 is 10.1 Å². The van der Waals surface area contributed by atoms with Crippen LogP contribution >= 0.6 is 23.2 Å². The molecular weight excluding hydrogens is 379 g/mol. The van der Waals surface area contributed by atoms with Gasteiger partial charge >= 0.3 is 0 Å². The van der Waals surface area contributed by atoms with Gasteiger partial charge in [-0.15, -0.1) is 0 Å². The van der Waals surface area contributed by atoms with Crippen molar-refractivity contribution in [2.24, 2.45) is 0 Å². The number of benzene rings is 2. The van der Waals surface area contributed by atoms with Gasteiger partial charge in [-0.25, -0.2) is 0 Å². The Kier molecular flexibility index (Phi) is 4.89. The lowest BCUT2D eigenvalue weighted by molar-refractivity contribution is -0.116. The Balaban J connectivity index is 1.80. The smallest absolute Gasteiger partial charge is 0.263 e. The molecule has 1 aliphatic rings. The Hall–Kier alpha value is -2.57. The average molecular weight is 393 g/mol. The van der Waals surface area contributed by atoms with Crippen LogP contribution in [0.2, 0.25) is 10.0 Å². The van der Waals surface area contributed by atoms with E-state index in [-0.39, 0.29) is 16.1 Å². The van der Waals surface area contributed by atoms with Gasteiger partial charge in [0.2, 0.25) is 5.91 Å². The van der Waals surface area contributed by atoms with E-state index in [1.165, 1.54) is 19.2 Å². The maximum Gasteiger partial charge on any atom is 0.263 e. The molecular formula is C18H14Cl2N2O4. The fourth-order valence-electron chi connectivity index (χ4n) is 2.70. The number of nitrogens with zero attached hydrogens (tertiary/aromatic N) is 1. The number of methoxy groups -OCH3 is 1. The van der Waals surface area contributed by atoms with Crippen molar-refractivity contribution >= 4 is 46.6 Å². The van der Waals surface area contributed by atoms with E-state index in [9.17, 15) is 14.4 Å². The van der Waals surface area contributed by atoms with E-state index in [1.54, 1.807) is 25.1 Å². The minimum Gasteiger partial charge on any atom is -0.495 e. The van der Waals surface area contributed by atoms with Crippen LogP contribution in [0.15, 0.2) is 30.3 Å². The summed E-state index contributed by atoms with van der Waals surface area (Å²) in [5, 5.41) is 3.31. The normalized spacial score (nSPS) is 13.0. The number of hydrogen-bond donors (Lipinski definition) is 1. The molecule has 0 aromatic heterocycles. The topological polar surface area (TPSA) is 75.7 Å². The van der Waals surface area contributed by atoms with Crippen LogP contribution in [0.1, 0.15) is 26.3 Å². The summed E-state index contributed by atoms with van der Waals surface area (Å²) in [6.45, 7) is 1.34. The first-order valence-corrected chi connectivity index (χ1v) is 8.37. The summed E-state index contributed by atoms with van der Waals surface area (Å²) in [6, 6.07) is 7.84. The maximum absolute atomic E-state index is 12.4. The first kappa shape index (κ1) is 18.2. The van der Waals surface area contributed by atoms with Crippen molar-refractivity contribution in [3.63, 3.8) is 0 Å². The Bertz CT molecular complexity index is 943. The van der Waals surface area contributed by atoms with Crippen LogP contribution in [0.5, 0.6) is 5.75 Å². The second-order valence-electron chi connectivity index (χ2n) is 5.71. The van der Waals surface area contributed by atoms with Crippen molar-refractivity contribution in [2.45, 2.75) is 6.92 Å². The van der Waals surface area contributed by atoms with Gasteiger partial charge in [0.15, 0.2) is 0 Å². The molecule has 26 heavy (non-hydrogen) atoms. The Morgan fingerprint density at radius 2 is 1.88 bits per heavy atom. The molecule has 2 aromatic rings. The summed E-state index contributed by atoms with van der Waals surface area (Å²) in [6.07, 6.45) is 0. The highest BCUT2D eigenvalue weighted by Gasteiger charge is 2.38. The molecule has 134 valence electrons. The highest BCUT2D eigenvalue weighted by atomic mass is 35.5. The summed E-state index contributed by atoms with van der Waals surface area (Å²) in [5.41, 5.74) is 1.45. The monoisotopic (exact) mass is 392 g/mol. The summed E-state index contributed by atoms with van der Waals surface area (Å²) in [4.78, 5) is 38.1. The number of carbonyl (C=O) groups is 3. The van der Waals surface area contributed by atoms with Gasteiger partial charge in [0, 0.05) is 11.1 Å². The van der Waals surface area contributed by atoms with Gasteiger partial charge in [0.1, 0.15) is 12.3 Å². The van der Waals surface area contributed by atoms with Gasteiger partial charge in [0.05, 0.1) is 28.9 Å². The number of fused-ring (bicyclic) bond motifs is 1. The van der Waals surface area contributed by atoms with Crippen molar-refractivity contribution < 1.29 is 19.1 Å². The molecule has 0 aliphatic carbocycles. The van der Waals surface area contributed by atoms with Crippen molar-refractivity contribution in [2.75, 3.05) is 19.0 Å². The molecule has 6 nitrogen and oxygen atoms in total. The average Bonchev–Trinajstić information content (AvgIpc) is 2.84. The van der Waals surface area contributed by atoms with E-state index in [2.05, 4.69) is 5.32 Å². The zero-order valence-corrected chi connectivity index (χ0v) is 15.4. The molecule has 2 aromatic carbocycles. The first-order chi connectivity index (χ1) is 12.3. The molecule has 8 heteroatoms. The van der Waals surface area contributed by atoms with E-state index in [1.807, 2.05) is 0 Å². The second kappa shape index (κ2) is 6.97. The van der Waals surface area contributed by atoms with Crippen molar-refractivity contribution in [1.29, 1.82) is 0 Å². The van der Waals surface area contributed by atoms with Crippen molar-refractivity contribution in [3.8, 4) is 5.75 Å². The molecule has 0 bridgehead atoms. The number of carbonyl (C=O) groups excluding carboxylic acids is 3. The second-order valence-corrected chi connectivity index (χ2v) is 6.52. The number of rotatable bonds is 4. The highest BCUT2D eigenvalue weighted by molar-refractivity contribution is 6.37. The Morgan fingerprint density at radius 1 is 1.15 bits per heavy atom. The molecule has 3 rings (SSSR count). The molecule has 0 unspecified atom stereocenters. The number of imide groups is 1. The fraction of sp³-hybridized carbons (Fsp3) is 0.167. The van der Waals surface area contributed by atoms with Crippen LogP contribution in [-0.2, 0) is 4.79 Å². The van der Waals surface area contributed by atoms with Crippen molar-refractivity contribution in [1.82, 2.24) is 4.90 Å². The number of halogens is 2. The number of hydrogen-bond acceptors (Lipinski definition) is 4. The third-order valence-electron chi connectivity index (χ3n) is 4.00. The van der Waals surface area contributed by atoms with Gasteiger partial charge in [0.25, 0.3) is 11.8 Å². The lowest BCUT2D eigenvalue weighted by atomic mass is 10.1. The molecule has 1 heterocycles. The van der Waals surface area contributed by atoms with E-state index in [4.69, 9.17) is 27.9 Å². The van der Waals surface area contributed by atoms with Gasteiger partial charge in [-0.3, -0.25) is 19.3 Å². The Labute approximate surface area is 159 Å². The number of ether oxygens (including phenoxy) is 1. The standard InChI is InChI=1S/C18H14Cl2N2O4/c1-9-6-13(14(26-2)7-12(9)20)21-15(23)8-22-17(24)10-4-3-5-11(19)16(10)18(22)25/h3-7H,8H2,1-2H3,(H,21,23). The van der Waals surface area contributed by atoms with Gasteiger partial charge in [-0.1, -0.05) is 29.3 Å². The molecule has 0 saturated heterocycles. The molecule has 1 N–H and O–H groups in total. The quantitative estimate of drug-likeness (QED) is 0.807. The molecule has 0 saturated carbocycles. The largest absolute Gasteiger partial charge is 0.495 e. The summed E-state index contributed by atoms with van der Waals surface area (Å²) < 4.78 is 5.20. The predicted molar refractivity (Wildman–Crippen MR) is 98.2 cm³/mol. The van der Waals surface area contributed by atoms with Gasteiger partial charge in [-0.05, 0) is 30.7 Å². The van der Waals surface area contributed by atoms with E-state index in [0.29, 0.717) is 16.5 Å². The van der Waals surface area contributed by atoms with Crippen LogP contribution in [0.25, 0.3) is 0 Å². The van der Waals surface area contributed by atoms with Gasteiger partial charge in [-0.2, -0.15) is 0 Å². The van der Waals surface area contributed by atoms with Crippen LogP contribution in [0, 0.1) is 6.92 Å². The number of aryl methyl sites for hydroxylation is 1. The lowest BCUT2D eigenvalue weighted by Gasteiger charge is -2.16. The zero-order valence-electron chi connectivity index (χ0n) is 13.9.